The zero-order valence-corrected chi connectivity index (χ0v) is 14.1. The van der Waals surface area contributed by atoms with E-state index < -0.39 is 0 Å². The number of hydrogen-bond donors (Lipinski definition) is 1. The minimum Gasteiger partial charge on any atom is -0.380 e. The maximum absolute atomic E-state index is 6.37. The summed E-state index contributed by atoms with van der Waals surface area (Å²) < 4.78 is 5.99. The van der Waals surface area contributed by atoms with Gasteiger partial charge in [-0.1, -0.05) is 31.5 Å². The highest BCUT2D eigenvalue weighted by Crippen LogP contribution is 2.53. The maximum Gasteiger partial charge on any atom is 0.0786 e. The third-order valence-electron chi connectivity index (χ3n) is 5.08. The summed E-state index contributed by atoms with van der Waals surface area (Å²) in [5.74, 6) is 0.614. The Morgan fingerprint density at radius 1 is 1.33 bits per heavy atom. The summed E-state index contributed by atoms with van der Waals surface area (Å²) in [7, 11) is 4.07. The molecular weight excluding hydrogens is 284 g/mol. The number of rotatable bonds is 3. The van der Waals surface area contributed by atoms with Gasteiger partial charge < -0.3 is 15.0 Å². The van der Waals surface area contributed by atoms with Crippen LogP contribution in [0.4, 0.5) is 11.4 Å². The Morgan fingerprint density at radius 2 is 2.10 bits per heavy atom. The molecule has 3 unspecified atom stereocenters. The topological polar surface area (TPSA) is 24.5 Å². The van der Waals surface area contributed by atoms with Crippen molar-refractivity contribution in [2.75, 3.05) is 30.9 Å². The molecule has 1 aromatic rings. The number of nitrogens with one attached hydrogen (secondary N) is 1. The molecule has 2 aliphatic rings. The quantitative estimate of drug-likeness (QED) is 0.912. The number of benzene rings is 1. The lowest BCUT2D eigenvalue weighted by Gasteiger charge is -2.60. The molecule has 0 bridgehead atoms. The van der Waals surface area contributed by atoms with Gasteiger partial charge in [0.1, 0.15) is 0 Å². The third-order valence-corrected chi connectivity index (χ3v) is 5.38. The Kier molecular flexibility index (Phi) is 3.83. The summed E-state index contributed by atoms with van der Waals surface area (Å²) in [6.45, 7) is 5.52. The van der Waals surface area contributed by atoms with Crippen LogP contribution in [0.1, 0.15) is 26.7 Å². The normalized spacial score (nSPS) is 30.2. The van der Waals surface area contributed by atoms with Crippen molar-refractivity contribution in [2.24, 2.45) is 11.3 Å². The molecule has 1 aromatic carbocycles. The van der Waals surface area contributed by atoms with Crippen LogP contribution in [0, 0.1) is 11.3 Å². The number of halogens is 1. The van der Waals surface area contributed by atoms with Gasteiger partial charge in [0, 0.05) is 38.1 Å². The molecule has 1 aliphatic carbocycles. The van der Waals surface area contributed by atoms with Crippen LogP contribution in [0.2, 0.25) is 5.02 Å². The van der Waals surface area contributed by atoms with Gasteiger partial charge in [0.2, 0.25) is 0 Å². The van der Waals surface area contributed by atoms with Crippen molar-refractivity contribution >= 4 is 23.0 Å². The zero-order valence-electron chi connectivity index (χ0n) is 13.3. The van der Waals surface area contributed by atoms with Crippen molar-refractivity contribution in [2.45, 2.75) is 38.8 Å². The van der Waals surface area contributed by atoms with E-state index in [1.807, 2.05) is 26.2 Å². The van der Waals surface area contributed by atoms with Crippen molar-refractivity contribution < 1.29 is 4.74 Å². The molecule has 1 saturated carbocycles. The summed E-state index contributed by atoms with van der Waals surface area (Å²) in [4.78, 5) is 2.07. The summed E-state index contributed by atoms with van der Waals surface area (Å²) in [6, 6.07) is 6.52. The maximum atomic E-state index is 6.37. The molecule has 4 heteroatoms. The van der Waals surface area contributed by atoms with Crippen molar-refractivity contribution in [3.63, 3.8) is 0 Å². The van der Waals surface area contributed by atoms with Crippen LogP contribution in [-0.2, 0) is 4.74 Å². The fourth-order valence-corrected chi connectivity index (χ4v) is 4.41. The first-order valence-electron chi connectivity index (χ1n) is 7.77. The van der Waals surface area contributed by atoms with Crippen LogP contribution in [0.3, 0.4) is 0 Å². The van der Waals surface area contributed by atoms with Crippen LogP contribution in [-0.4, -0.2) is 32.8 Å². The largest absolute Gasteiger partial charge is 0.380 e. The Labute approximate surface area is 132 Å². The predicted molar refractivity (Wildman–Crippen MR) is 89.4 cm³/mol. The molecular formula is C17H25ClN2O. The van der Waals surface area contributed by atoms with Crippen LogP contribution in [0.15, 0.2) is 18.2 Å². The van der Waals surface area contributed by atoms with E-state index in [2.05, 4.69) is 30.1 Å². The predicted octanol–water partition coefficient (Wildman–Crippen LogP) is 4.02. The zero-order chi connectivity index (χ0) is 15.2. The molecule has 1 heterocycles. The molecule has 1 N–H and O–H groups in total. The number of ether oxygens (including phenoxy) is 1. The van der Waals surface area contributed by atoms with Crippen molar-refractivity contribution in [1.29, 1.82) is 0 Å². The summed E-state index contributed by atoms with van der Waals surface area (Å²) in [5, 5.41) is 4.54. The van der Waals surface area contributed by atoms with Gasteiger partial charge in [-0.25, -0.2) is 0 Å². The van der Waals surface area contributed by atoms with E-state index in [4.69, 9.17) is 16.3 Å². The first-order valence-corrected chi connectivity index (χ1v) is 8.14. The van der Waals surface area contributed by atoms with Crippen LogP contribution >= 0.6 is 11.6 Å². The lowest BCUT2D eigenvalue weighted by Crippen LogP contribution is -2.67. The van der Waals surface area contributed by atoms with Gasteiger partial charge in [0.15, 0.2) is 0 Å². The monoisotopic (exact) mass is 308 g/mol. The first-order chi connectivity index (χ1) is 9.93. The Bertz CT molecular complexity index is 530. The molecule has 0 radical (unpaired) electrons. The SMILES string of the molecule is CN(C)c1c(Cl)cccc1NC1C2CCCOC2C1(C)C. The molecule has 3 nitrogen and oxygen atoms in total. The second kappa shape index (κ2) is 5.36. The highest BCUT2D eigenvalue weighted by Gasteiger charge is 2.58. The van der Waals surface area contributed by atoms with E-state index in [1.165, 1.54) is 12.8 Å². The Hall–Kier alpha value is -0.930. The molecule has 0 aromatic heterocycles. The lowest BCUT2D eigenvalue weighted by atomic mass is 9.55. The average molecular weight is 309 g/mol. The number of hydrogen-bond acceptors (Lipinski definition) is 3. The average Bonchev–Trinajstić information content (AvgIpc) is 2.44. The second-order valence-electron chi connectivity index (χ2n) is 7.07. The van der Waals surface area contributed by atoms with Gasteiger partial charge in [-0.2, -0.15) is 0 Å². The lowest BCUT2D eigenvalue weighted by molar-refractivity contribution is -0.177. The molecule has 0 amide bonds. The molecule has 2 fully saturated rings. The van der Waals surface area contributed by atoms with E-state index in [0.717, 1.165) is 23.0 Å². The van der Waals surface area contributed by atoms with Crippen LogP contribution in [0.5, 0.6) is 0 Å². The smallest absolute Gasteiger partial charge is 0.0786 e. The molecule has 3 rings (SSSR count). The highest BCUT2D eigenvalue weighted by molar-refractivity contribution is 6.34. The molecule has 3 atom stereocenters. The number of para-hydroxylation sites is 1. The van der Waals surface area contributed by atoms with Crippen molar-refractivity contribution in [1.82, 2.24) is 0 Å². The molecule has 21 heavy (non-hydrogen) atoms. The van der Waals surface area contributed by atoms with E-state index in [0.29, 0.717) is 18.1 Å². The number of anilines is 2. The fourth-order valence-electron chi connectivity index (χ4n) is 4.07. The van der Waals surface area contributed by atoms with Gasteiger partial charge in [0.05, 0.1) is 22.5 Å². The molecule has 1 saturated heterocycles. The Balaban J connectivity index is 1.85. The van der Waals surface area contributed by atoms with Gasteiger partial charge in [-0.3, -0.25) is 0 Å². The van der Waals surface area contributed by atoms with Gasteiger partial charge in [0.25, 0.3) is 0 Å². The molecule has 0 spiro atoms. The van der Waals surface area contributed by atoms with E-state index in [9.17, 15) is 0 Å². The second-order valence-corrected chi connectivity index (χ2v) is 7.48. The van der Waals surface area contributed by atoms with Crippen LogP contribution in [0.25, 0.3) is 0 Å². The highest BCUT2D eigenvalue weighted by atomic mass is 35.5. The van der Waals surface area contributed by atoms with Gasteiger partial charge >= 0.3 is 0 Å². The van der Waals surface area contributed by atoms with E-state index >= 15 is 0 Å². The summed E-state index contributed by atoms with van der Waals surface area (Å²) >= 11 is 6.37. The minimum absolute atomic E-state index is 0.164. The third kappa shape index (κ3) is 2.40. The van der Waals surface area contributed by atoms with Crippen LogP contribution < -0.4 is 10.2 Å². The summed E-state index contributed by atoms with van der Waals surface area (Å²) in [5.41, 5.74) is 2.35. The van der Waals surface area contributed by atoms with Gasteiger partial charge in [-0.05, 0) is 25.0 Å². The fraction of sp³-hybridized carbons (Fsp3) is 0.647. The summed E-state index contributed by atoms with van der Waals surface area (Å²) in [6.07, 6.45) is 2.82. The number of fused-ring (bicyclic) bond motifs is 1. The van der Waals surface area contributed by atoms with E-state index in [1.54, 1.807) is 0 Å². The van der Waals surface area contributed by atoms with Crippen molar-refractivity contribution in [3.8, 4) is 0 Å². The first kappa shape index (κ1) is 15.0. The number of nitrogens with zero attached hydrogens (tertiary/aromatic N) is 1. The molecule has 1 aliphatic heterocycles. The Morgan fingerprint density at radius 3 is 2.81 bits per heavy atom. The van der Waals surface area contributed by atoms with E-state index in [-0.39, 0.29) is 5.41 Å². The molecule has 116 valence electrons. The van der Waals surface area contributed by atoms with Crippen molar-refractivity contribution in [3.05, 3.63) is 23.2 Å². The standard InChI is InChI=1S/C17H25ClN2O/c1-17(2)15(11-7-6-10-21-16(11)17)19-13-9-5-8-12(18)14(13)20(3)4/h5,8-9,11,15-16,19H,6-7,10H2,1-4H3. The minimum atomic E-state index is 0.164. The van der Waals surface area contributed by atoms with Gasteiger partial charge in [-0.15, -0.1) is 0 Å².